The Hall–Kier alpha value is -3.20. The number of alkyl halides is 7. The van der Waals surface area contributed by atoms with Crippen LogP contribution in [0.5, 0.6) is 0 Å². The Morgan fingerprint density at radius 3 is 2.20 bits per heavy atom. The highest BCUT2D eigenvalue weighted by Gasteiger charge is 2.73. The third kappa shape index (κ3) is 4.96. The third-order valence-corrected chi connectivity index (χ3v) is 10.3. The van der Waals surface area contributed by atoms with Gasteiger partial charge in [-0.3, -0.25) is 14.5 Å². The Bertz CT molecular complexity index is 1440. The molecule has 41 heavy (non-hydrogen) atoms. The van der Waals surface area contributed by atoms with E-state index < -0.39 is 69.2 Å². The number of carbonyl (C=O) groups excluding carboxylic acids is 1. The van der Waals surface area contributed by atoms with E-state index in [4.69, 9.17) is 5.11 Å². The van der Waals surface area contributed by atoms with E-state index in [1.54, 1.807) is 6.92 Å². The van der Waals surface area contributed by atoms with E-state index in [-0.39, 0.29) is 41.8 Å². The summed E-state index contributed by atoms with van der Waals surface area (Å²) in [5.41, 5.74) is -6.91. The molecule has 1 amide bonds. The second kappa shape index (κ2) is 10.3. The van der Waals surface area contributed by atoms with E-state index in [1.807, 2.05) is 0 Å². The number of halogens is 7. The number of nitrogens with zero attached hydrogens (tertiary/aromatic N) is 1. The molecule has 0 radical (unpaired) electrons. The number of hydrogen-bond acceptors (Lipinski definition) is 5. The van der Waals surface area contributed by atoms with Crippen LogP contribution in [0.3, 0.4) is 0 Å². The number of amides is 1. The number of carboxylic acid groups (broad SMARTS) is 1. The predicted molar refractivity (Wildman–Crippen MR) is 130 cm³/mol. The predicted octanol–water partition coefficient (Wildman–Crippen LogP) is 4.17. The van der Waals surface area contributed by atoms with Crippen molar-refractivity contribution in [1.29, 1.82) is 0 Å². The fourth-order valence-electron chi connectivity index (χ4n) is 5.85. The highest BCUT2D eigenvalue weighted by atomic mass is 32.2. The molecule has 224 valence electrons. The Labute approximate surface area is 230 Å². The summed E-state index contributed by atoms with van der Waals surface area (Å²) >= 11 is 0. The number of sulfone groups is 1. The largest absolute Gasteiger partial charge is 0.480 e. The van der Waals surface area contributed by atoms with Gasteiger partial charge < -0.3 is 10.4 Å². The van der Waals surface area contributed by atoms with Gasteiger partial charge in [-0.15, -0.1) is 0 Å². The number of nitrogens with one attached hydrogen (secondary N) is 1. The van der Waals surface area contributed by atoms with Gasteiger partial charge in [0, 0.05) is 18.2 Å². The molecule has 0 unspecified atom stereocenters. The first-order valence-corrected chi connectivity index (χ1v) is 13.8. The SMILES string of the molecule is Cc1ccc(S(=O)(=O)[C@@]23CCN(CC(=O)NCC(=O)O)[C@@H]2CCc2cc(C(F)(C(F)(F)F)C(F)(F)F)ccc23)cc1. The lowest BCUT2D eigenvalue weighted by Crippen LogP contribution is -2.53. The van der Waals surface area contributed by atoms with Crippen molar-refractivity contribution < 1.29 is 53.8 Å². The summed E-state index contributed by atoms with van der Waals surface area (Å²) in [5, 5.41) is 11.0. The second-order valence-corrected chi connectivity index (χ2v) is 12.4. The summed E-state index contributed by atoms with van der Waals surface area (Å²) < 4.78 is 122. The number of rotatable bonds is 7. The highest BCUT2D eigenvalue weighted by molar-refractivity contribution is 7.92. The fourth-order valence-corrected chi connectivity index (χ4v) is 8.24. The van der Waals surface area contributed by atoms with Crippen molar-refractivity contribution in [2.24, 2.45) is 0 Å². The van der Waals surface area contributed by atoms with E-state index in [9.17, 15) is 48.7 Å². The molecule has 4 rings (SSSR count). The zero-order valence-corrected chi connectivity index (χ0v) is 22.3. The molecule has 0 aromatic heterocycles. The Balaban J connectivity index is 1.87. The number of aliphatic carboxylic acids is 1. The quantitative estimate of drug-likeness (QED) is 0.457. The third-order valence-electron chi connectivity index (χ3n) is 7.77. The van der Waals surface area contributed by atoms with Crippen molar-refractivity contribution >= 4 is 21.7 Å². The van der Waals surface area contributed by atoms with Gasteiger partial charge in [-0.05, 0) is 49.4 Å². The number of benzene rings is 2. The van der Waals surface area contributed by atoms with Crippen LogP contribution in [0.15, 0.2) is 47.4 Å². The molecule has 2 atom stereocenters. The summed E-state index contributed by atoms with van der Waals surface area (Å²) in [6.45, 7) is 0.632. The first kappa shape index (κ1) is 30.8. The van der Waals surface area contributed by atoms with Crippen molar-refractivity contribution in [2.75, 3.05) is 19.6 Å². The van der Waals surface area contributed by atoms with E-state index in [1.165, 1.54) is 29.2 Å². The van der Waals surface area contributed by atoms with Gasteiger partial charge in [0.15, 0.2) is 9.84 Å². The molecule has 1 aliphatic heterocycles. The Morgan fingerprint density at radius 1 is 1.02 bits per heavy atom. The molecule has 0 spiro atoms. The van der Waals surface area contributed by atoms with Crippen LogP contribution in [0.4, 0.5) is 30.7 Å². The minimum absolute atomic E-state index is 0.00437. The average molecular weight is 611 g/mol. The van der Waals surface area contributed by atoms with Crippen LogP contribution in [0.1, 0.15) is 35.1 Å². The van der Waals surface area contributed by atoms with Crippen LogP contribution in [0.25, 0.3) is 0 Å². The van der Waals surface area contributed by atoms with Gasteiger partial charge in [0.1, 0.15) is 11.3 Å². The smallest absolute Gasteiger partial charge is 0.435 e. The maximum atomic E-state index is 14.9. The number of fused-ring (bicyclic) bond motifs is 3. The van der Waals surface area contributed by atoms with Gasteiger partial charge in [-0.1, -0.05) is 35.9 Å². The van der Waals surface area contributed by atoms with E-state index in [0.29, 0.717) is 12.1 Å². The van der Waals surface area contributed by atoms with Crippen LogP contribution >= 0.6 is 0 Å². The van der Waals surface area contributed by atoms with Crippen molar-refractivity contribution in [3.63, 3.8) is 0 Å². The molecular weight excluding hydrogens is 585 g/mol. The summed E-state index contributed by atoms with van der Waals surface area (Å²) in [7, 11) is -4.40. The number of carbonyl (C=O) groups is 2. The standard InChI is InChI=1S/C26H25F7N2O5S/c1-15-2-6-18(7-3-15)41(39,40)23-10-11-35(14-21(36)34-13-22(37)38)20(23)9-4-16-12-17(5-8-19(16)23)24(27,25(28,29)30)26(31,32)33/h2-3,5-8,12,20H,4,9-11,13-14H2,1H3,(H,34,36)(H,37,38)/t20-,23-/m1/s1. The van der Waals surface area contributed by atoms with Crippen LogP contribution in [-0.2, 0) is 36.3 Å². The highest BCUT2D eigenvalue weighted by Crippen LogP contribution is 2.56. The maximum Gasteiger partial charge on any atom is 0.435 e. The first-order valence-electron chi connectivity index (χ1n) is 12.4. The molecule has 1 aliphatic carbocycles. The minimum Gasteiger partial charge on any atom is -0.480 e. The lowest BCUT2D eigenvalue weighted by molar-refractivity contribution is -0.348. The topological polar surface area (TPSA) is 104 Å². The molecule has 7 nitrogen and oxygen atoms in total. The fraction of sp³-hybridized carbons (Fsp3) is 0.462. The van der Waals surface area contributed by atoms with E-state index in [0.717, 1.165) is 11.6 Å². The number of likely N-dealkylation sites (tertiary alicyclic amines) is 1. The molecule has 0 saturated carbocycles. The first-order chi connectivity index (χ1) is 18.9. The zero-order valence-electron chi connectivity index (χ0n) is 21.4. The van der Waals surface area contributed by atoms with Gasteiger partial charge >= 0.3 is 24.0 Å². The van der Waals surface area contributed by atoms with Crippen molar-refractivity contribution in [1.82, 2.24) is 10.2 Å². The van der Waals surface area contributed by atoms with Gasteiger partial charge in [0.2, 0.25) is 5.91 Å². The zero-order chi connectivity index (χ0) is 30.6. The van der Waals surface area contributed by atoms with Crippen molar-refractivity contribution in [2.45, 2.75) is 59.9 Å². The minimum atomic E-state index is -6.34. The van der Waals surface area contributed by atoms with E-state index >= 15 is 0 Å². The molecule has 1 heterocycles. The normalized spacial score (nSPS) is 21.7. The van der Waals surface area contributed by atoms with Crippen LogP contribution in [0, 0.1) is 6.92 Å². The number of aryl methyl sites for hydroxylation is 2. The molecule has 0 bridgehead atoms. The molecule has 2 N–H and O–H groups in total. The number of carboxylic acids is 1. The summed E-state index contributed by atoms with van der Waals surface area (Å²) in [4.78, 5) is 24.6. The van der Waals surface area contributed by atoms with Crippen LogP contribution in [0.2, 0.25) is 0 Å². The summed E-state index contributed by atoms with van der Waals surface area (Å²) in [6, 6.07) is 6.34. The van der Waals surface area contributed by atoms with Crippen molar-refractivity contribution in [3.05, 3.63) is 64.7 Å². The molecular formula is C26H25F7N2O5S. The van der Waals surface area contributed by atoms with E-state index in [2.05, 4.69) is 5.32 Å². The second-order valence-electron chi connectivity index (χ2n) is 10.2. The molecule has 1 fully saturated rings. The van der Waals surface area contributed by atoms with Gasteiger partial charge in [0.25, 0.3) is 0 Å². The van der Waals surface area contributed by atoms with Crippen LogP contribution < -0.4 is 5.32 Å². The monoisotopic (exact) mass is 610 g/mol. The van der Waals surface area contributed by atoms with Crippen LogP contribution in [-0.4, -0.2) is 68.3 Å². The summed E-state index contributed by atoms with van der Waals surface area (Å²) in [6.07, 6.45) is -13.1. The molecule has 2 aliphatic rings. The average Bonchev–Trinajstić information content (AvgIpc) is 3.25. The lowest BCUT2D eigenvalue weighted by atomic mass is 9.77. The lowest BCUT2D eigenvalue weighted by Gasteiger charge is -2.43. The molecule has 1 saturated heterocycles. The van der Waals surface area contributed by atoms with Crippen molar-refractivity contribution in [3.8, 4) is 0 Å². The molecule has 2 aromatic rings. The molecule has 2 aromatic carbocycles. The Kier molecular flexibility index (Phi) is 7.70. The summed E-state index contributed by atoms with van der Waals surface area (Å²) in [5.74, 6) is -2.02. The van der Waals surface area contributed by atoms with Gasteiger partial charge in [-0.25, -0.2) is 12.8 Å². The van der Waals surface area contributed by atoms with Gasteiger partial charge in [-0.2, -0.15) is 26.3 Å². The van der Waals surface area contributed by atoms with Gasteiger partial charge in [0.05, 0.1) is 11.4 Å². The maximum absolute atomic E-state index is 14.9. The molecule has 15 heteroatoms. The Morgan fingerprint density at radius 2 is 1.63 bits per heavy atom. The number of hydrogen-bond donors (Lipinski definition) is 2.